The van der Waals surface area contributed by atoms with E-state index < -0.39 is 6.03 Å². The van der Waals surface area contributed by atoms with Gasteiger partial charge in [-0.25, -0.2) is 9.18 Å². The molecule has 0 spiro atoms. The van der Waals surface area contributed by atoms with Crippen LogP contribution in [-0.2, 0) is 0 Å². The third-order valence-corrected chi connectivity index (χ3v) is 4.65. The Balaban J connectivity index is 1.47. The van der Waals surface area contributed by atoms with Crippen molar-refractivity contribution >= 4 is 28.3 Å². The molecule has 0 atom stereocenters. The number of rotatable bonds is 6. The molecule has 0 radical (unpaired) electrons. The van der Waals surface area contributed by atoms with Gasteiger partial charge < -0.3 is 24.8 Å². The van der Waals surface area contributed by atoms with Crippen LogP contribution >= 0.6 is 0 Å². The first kappa shape index (κ1) is 20.9. The number of anilines is 2. The summed E-state index contributed by atoms with van der Waals surface area (Å²) in [7, 11) is 3.14. The van der Waals surface area contributed by atoms with Crippen LogP contribution in [0, 0.1) is 5.82 Å². The molecule has 0 aliphatic heterocycles. The quantitative estimate of drug-likeness (QED) is 0.400. The van der Waals surface area contributed by atoms with Crippen molar-refractivity contribution in [2.75, 3.05) is 24.9 Å². The van der Waals surface area contributed by atoms with Crippen molar-refractivity contribution in [1.29, 1.82) is 0 Å². The van der Waals surface area contributed by atoms with Crippen molar-refractivity contribution in [2.24, 2.45) is 0 Å². The smallest absolute Gasteiger partial charge is 0.323 e. The number of fused-ring (bicyclic) bond motifs is 1. The van der Waals surface area contributed by atoms with E-state index in [1.54, 1.807) is 56.8 Å². The standard InChI is InChI=1S/C24H20FN3O4/c1-30-22-13-19-20(14-23(22)31-2)26-12-11-21(19)32-18-9-7-17(8-10-18)28-24(29)27-16-5-3-15(25)4-6-16/h3-14H,1-2H3,(H2,27,28,29). The molecule has 0 bridgehead atoms. The predicted molar refractivity (Wildman–Crippen MR) is 120 cm³/mol. The third kappa shape index (κ3) is 4.70. The fourth-order valence-electron chi connectivity index (χ4n) is 3.10. The number of urea groups is 1. The van der Waals surface area contributed by atoms with Gasteiger partial charge in [0, 0.05) is 29.0 Å². The molecule has 4 rings (SSSR count). The van der Waals surface area contributed by atoms with E-state index in [9.17, 15) is 9.18 Å². The van der Waals surface area contributed by atoms with Crippen LogP contribution in [0.1, 0.15) is 0 Å². The number of nitrogens with one attached hydrogen (secondary N) is 2. The van der Waals surface area contributed by atoms with E-state index in [1.165, 1.54) is 24.3 Å². The van der Waals surface area contributed by atoms with Gasteiger partial charge in [0.15, 0.2) is 11.5 Å². The molecule has 0 aliphatic carbocycles. The highest BCUT2D eigenvalue weighted by atomic mass is 19.1. The Labute approximate surface area is 183 Å². The van der Waals surface area contributed by atoms with Crippen LogP contribution < -0.4 is 24.8 Å². The number of amides is 2. The maximum absolute atomic E-state index is 13.0. The van der Waals surface area contributed by atoms with Gasteiger partial charge >= 0.3 is 6.03 Å². The summed E-state index contributed by atoms with van der Waals surface area (Å²) in [4.78, 5) is 16.5. The lowest BCUT2D eigenvalue weighted by Crippen LogP contribution is -2.19. The molecule has 2 amide bonds. The van der Waals surface area contributed by atoms with Gasteiger partial charge in [0.25, 0.3) is 0 Å². The number of carbonyl (C=O) groups is 1. The molecular formula is C24H20FN3O4. The molecule has 1 aromatic heterocycles. The van der Waals surface area contributed by atoms with Gasteiger partial charge in [-0.1, -0.05) is 0 Å². The van der Waals surface area contributed by atoms with E-state index >= 15 is 0 Å². The maximum atomic E-state index is 13.0. The monoisotopic (exact) mass is 433 g/mol. The SMILES string of the molecule is COc1cc2nccc(Oc3ccc(NC(=O)Nc4ccc(F)cc4)cc3)c2cc1OC. The molecule has 0 aliphatic rings. The zero-order valence-corrected chi connectivity index (χ0v) is 17.4. The largest absolute Gasteiger partial charge is 0.493 e. The van der Waals surface area contributed by atoms with Crippen molar-refractivity contribution in [1.82, 2.24) is 4.98 Å². The van der Waals surface area contributed by atoms with Crippen molar-refractivity contribution in [2.45, 2.75) is 0 Å². The minimum Gasteiger partial charge on any atom is -0.493 e. The Hall–Kier alpha value is -4.33. The zero-order valence-electron chi connectivity index (χ0n) is 17.4. The number of benzene rings is 3. The number of ether oxygens (including phenoxy) is 3. The Bertz CT molecular complexity index is 1240. The first-order valence-corrected chi connectivity index (χ1v) is 9.68. The molecule has 0 fully saturated rings. The second kappa shape index (κ2) is 9.22. The fraction of sp³-hybridized carbons (Fsp3) is 0.0833. The summed E-state index contributed by atoms with van der Waals surface area (Å²) >= 11 is 0. The lowest BCUT2D eigenvalue weighted by molar-refractivity contribution is 0.262. The minimum atomic E-state index is -0.438. The first-order chi connectivity index (χ1) is 15.6. The summed E-state index contributed by atoms with van der Waals surface area (Å²) in [6.45, 7) is 0. The number of hydrogen-bond acceptors (Lipinski definition) is 5. The molecular weight excluding hydrogens is 413 g/mol. The van der Waals surface area contributed by atoms with Crippen molar-refractivity contribution in [3.8, 4) is 23.0 Å². The van der Waals surface area contributed by atoms with Gasteiger partial charge in [0.1, 0.15) is 17.3 Å². The summed E-state index contributed by atoms with van der Waals surface area (Å²) in [5.41, 5.74) is 1.76. The van der Waals surface area contributed by atoms with Crippen LogP contribution in [0.2, 0.25) is 0 Å². The molecule has 162 valence electrons. The van der Waals surface area contributed by atoms with Crippen LogP contribution in [0.25, 0.3) is 10.9 Å². The highest BCUT2D eigenvalue weighted by molar-refractivity contribution is 5.99. The average Bonchev–Trinajstić information content (AvgIpc) is 2.81. The maximum Gasteiger partial charge on any atom is 0.323 e. The molecule has 0 unspecified atom stereocenters. The van der Waals surface area contributed by atoms with Gasteiger partial charge in [0.2, 0.25) is 0 Å². The molecule has 3 aromatic carbocycles. The van der Waals surface area contributed by atoms with E-state index in [0.717, 1.165) is 5.39 Å². The Morgan fingerprint density at radius 1 is 0.812 bits per heavy atom. The van der Waals surface area contributed by atoms with Gasteiger partial charge in [-0.2, -0.15) is 0 Å². The van der Waals surface area contributed by atoms with E-state index in [2.05, 4.69) is 15.6 Å². The summed E-state index contributed by atoms with van der Waals surface area (Å²) < 4.78 is 29.7. The Morgan fingerprint density at radius 3 is 2.03 bits per heavy atom. The average molecular weight is 433 g/mol. The van der Waals surface area contributed by atoms with Crippen LogP contribution in [0.4, 0.5) is 20.6 Å². The van der Waals surface area contributed by atoms with Crippen LogP contribution in [0.5, 0.6) is 23.0 Å². The topological polar surface area (TPSA) is 81.7 Å². The molecule has 1 heterocycles. The van der Waals surface area contributed by atoms with Gasteiger partial charge in [-0.3, -0.25) is 4.98 Å². The second-order valence-electron chi connectivity index (χ2n) is 6.75. The van der Waals surface area contributed by atoms with Gasteiger partial charge in [0.05, 0.1) is 19.7 Å². The Kier molecular flexibility index (Phi) is 6.03. The minimum absolute atomic E-state index is 0.369. The zero-order chi connectivity index (χ0) is 22.5. The first-order valence-electron chi connectivity index (χ1n) is 9.68. The molecule has 4 aromatic rings. The summed E-state index contributed by atoms with van der Waals surface area (Å²) in [5.74, 6) is 1.97. The van der Waals surface area contributed by atoms with E-state index in [1.807, 2.05) is 6.07 Å². The molecule has 2 N–H and O–H groups in total. The number of halogens is 1. The third-order valence-electron chi connectivity index (χ3n) is 4.65. The number of hydrogen-bond donors (Lipinski definition) is 2. The van der Waals surface area contributed by atoms with Crippen molar-refractivity contribution in [3.63, 3.8) is 0 Å². The summed E-state index contributed by atoms with van der Waals surface area (Å²) in [5, 5.41) is 6.12. The van der Waals surface area contributed by atoms with Crippen LogP contribution in [0.15, 0.2) is 72.9 Å². The number of methoxy groups -OCH3 is 2. The number of nitrogens with zero attached hydrogens (tertiary/aromatic N) is 1. The molecule has 7 nitrogen and oxygen atoms in total. The van der Waals surface area contributed by atoms with Gasteiger partial charge in [-0.15, -0.1) is 0 Å². The lowest BCUT2D eigenvalue weighted by Gasteiger charge is -2.13. The van der Waals surface area contributed by atoms with E-state index in [4.69, 9.17) is 14.2 Å². The number of aromatic nitrogens is 1. The van der Waals surface area contributed by atoms with Crippen LogP contribution in [0.3, 0.4) is 0 Å². The van der Waals surface area contributed by atoms with E-state index in [0.29, 0.717) is 39.9 Å². The molecule has 0 saturated heterocycles. The van der Waals surface area contributed by atoms with Crippen molar-refractivity contribution in [3.05, 3.63) is 78.7 Å². The van der Waals surface area contributed by atoms with Crippen LogP contribution in [-0.4, -0.2) is 25.2 Å². The summed E-state index contributed by atoms with van der Waals surface area (Å²) in [6.07, 6.45) is 1.65. The molecule has 8 heteroatoms. The van der Waals surface area contributed by atoms with Gasteiger partial charge in [-0.05, 0) is 60.7 Å². The Morgan fingerprint density at radius 2 is 1.41 bits per heavy atom. The van der Waals surface area contributed by atoms with Crippen molar-refractivity contribution < 1.29 is 23.4 Å². The number of pyridine rings is 1. The van der Waals surface area contributed by atoms with E-state index in [-0.39, 0.29) is 5.82 Å². The normalized spacial score (nSPS) is 10.5. The molecule has 32 heavy (non-hydrogen) atoms. The molecule has 0 saturated carbocycles. The fourth-order valence-corrected chi connectivity index (χ4v) is 3.10. The summed E-state index contributed by atoms with van der Waals surface area (Å²) in [6, 6.07) is 17.3. The predicted octanol–water partition coefficient (Wildman–Crippen LogP) is 5.83. The lowest BCUT2D eigenvalue weighted by atomic mass is 10.2. The highest BCUT2D eigenvalue weighted by Gasteiger charge is 2.11. The number of carbonyl (C=O) groups excluding carboxylic acids is 1. The second-order valence-corrected chi connectivity index (χ2v) is 6.75. The highest BCUT2D eigenvalue weighted by Crippen LogP contribution is 2.36.